The molecule has 1 rings (SSSR count). The summed E-state index contributed by atoms with van der Waals surface area (Å²) in [5.41, 5.74) is 0. The van der Waals surface area contributed by atoms with Gasteiger partial charge in [-0.15, -0.1) is 0 Å². The molecule has 0 saturated heterocycles. The summed E-state index contributed by atoms with van der Waals surface area (Å²) in [7, 11) is 0. The van der Waals surface area contributed by atoms with Crippen LogP contribution in [0.2, 0.25) is 0 Å². The molecule has 0 heterocycles. The standard InChI is InChI=1S/C12H17F3N2O4/c1-7(11(20)21)5-17(8-2-3-8)10(19)4-9(18)16-6-12(13,14)15/h7-8H,2-6H2,1H3,(H,16,18)(H,20,21). The molecule has 0 bridgehead atoms. The zero-order valence-corrected chi connectivity index (χ0v) is 11.4. The summed E-state index contributed by atoms with van der Waals surface area (Å²) in [6.07, 6.45) is -3.82. The van der Waals surface area contributed by atoms with Gasteiger partial charge in [0, 0.05) is 12.6 Å². The maximum Gasteiger partial charge on any atom is 0.405 e. The molecule has 6 nitrogen and oxygen atoms in total. The highest BCUT2D eigenvalue weighted by Crippen LogP contribution is 2.28. The van der Waals surface area contributed by atoms with Gasteiger partial charge >= 0.3 is 12.1 Å². The second kappa shape index (κ2) is 6.77. The highest BCUT2D eigenvalue weighted by Gasteiger charge is 2.35. The SMILES string of the molecule is CC(CN(C(=O)CC(=O)NCC(F)(F)F)C1CC1)C(=O)O. The van der Waals surface area contributed by atoms with Gasteiger partial charge in [0.2, 0.25) is 11.8 Å². The van der Waals surface area contributed by atoms with Crippen molar-refractivity contribution < 1.29 is 32.7 Å². The lowest BCUT2D eigenvalue weighted by Gasteiger charge is -2.24. The first-order chi connectivity index (χ1) is 9.60. The fraction of sp³-hybridized carbons (Fsp3) is 0.750. The van der Waals surface area contributed by atoms with Gasteiger partial charge in [0.1, 0.15) is 13.0 Å². The van der Waals surface area contributed by atoms with E-state index in [4.69, 9.17) is 5.11 Å². The summed E-state index contributed by atoms with van der Waals surface area (Å²) < 4.78 is 35.8. The first kappa shape index (κ1) is 17.3. The monoisotopic (exact) mass is 310 g/mol. The Bertz CT molecular complexity index is 421. The summed E-state index contributed by atoms with van der Waals surface area (Å²) in [5, 5.41) is 10.4. The van der Waals surface area contributed by atoms with E-state index >= 15 is 0 Å². The maximum atomic E-state index is 11.9. The Morgan fingerprint density at radius 3 is 2.33 bits per heavy atom. The summed E-state index contributed by atoms with van der Waals surface area (Å²) in [4.78, 5) is 35.3. The van der Waals surface area contributed by atoms with Gasteiger partial charge < -0.3 is 15.3 Å². The van der Waals surface area contributed by atoms with Crippen LogP contribution in [0.25, 0.3) is 0 Å². The molecule has 1 fully saturated rings. The lowest BCUT2D eigenvalue weighted by molar-refractivity contribution is -0.145. The second-order valence-electron chi connectivity index (χ2n) is 5.09. The van der Waals surface area contributed by atoms with Crippen LogP contribution in [0.4, 0.5) is 13.2 Å². The van der Waals surface area contributed by atoms with Crippen molar-refractivity contribution in [1.82, 2.24) is 10.2 Å². The van der Waals surface area contributed by atoms with Crippen LogP contribution in [0.5, 0.6) is 0 Å². The zero-order chi connectivity index (χ0) is 16.2. The van der Waals surface area contributed by atoms with Crippen LogP contribution < -0.4 is 5.32 Å². The molecule has 0 aromatic heterocycles. The zero-order valence-electron chi connectivity index (χ0n) is 11.4. The fourth-order valence-corrected chi connectivity index (χ4v) is 1.71. The number of nitrogens with one attached hydrogen (secondary N) is 1. The minimum Gasteiger partial charge on any atom is -0.481 e. The number of carboxylic acid groups (broad SMARTS) is 1. The Kier molecular flexibility index (Phi) is 5.56. The summed E-state index contributed by atoms with van der Waals surface area (Å²) in [6, 6.07) is -0.116. The van der Waals surface area contributed by atoms with E-state index < -0.39 is 42.8 Å². The van der Waals surface area contributed by atoms with E-state index in [1.54, 1.807) is 5.32 Å². The Labute approximate surface area is 119 Å². The molecule has 0 aromatic carbocycles. The van der Waals surface area contributed by atoms with Gasteiger partial charge in [0.15, 0.2) is 0 Å². The van der Waals surface area contributed by atoms with Gasteiger partial charge in [-0.05, 0) is 12.8 Å². The number of halogens is 3. The molecule has 9 heteroatoms. The van der Waals surface area contributed by atoms with Crippen LogP contribution in [0.15, 0.2) is 0 Å². The van der Waals surface area contributed by atoms with Crippen molar-refractivity contribution in [3.05, 3.63) is 0 Å². The average Bonchev–Trinajstić information content (AvgIpc) is 3.16. The molecule has 0 aliphatic heterocycles. The topological polar surface area (TPSA) is 86.7 Å². The number of amides is 2. The minimum atomic E-state index is -4.54. The predicted molar refractivity (Wildman–Crippen MR) is 65.2 cm³/mol. The van der Waals surface area contributed by atoms with Crippen molar-refractivity contribution in [3.63, 3.8) is 0 Å². The highest BCUT2D eigenvalue weighted by molar-refractivity contribution is 5.97. The number of hydrogen-bond donors (Lipinski definition) is 2. The number of hydrogen-bond acceptors (Lipinski definition) is 3. The number of alkyl halides is 3. The molecule has 2 amide bonds. The molecule has 0 aromatic rings. The molecule has 21 heavy (non-hydrogen) atoms. The van der Waals surface area contributed by atoms with E-state index in [1.165, 1.54) is 11.8 Å². The van der Waals surface area contributed by atoms with Crippen LogP contribution in [0.3, 0.4) is 0 Å². The molecule has 1 atom stereocenters. The molecule has 0 spiro atoms. The average molecular weight is 310 g/mol. The third kappa shape index (κ3) is 6.46. The van der Waals surface area contributed by atoms with E-state index in [2.05, 4.69) is 0 Å². The number of rotatable bonds is 7. The van der Waals surface area contributed by atoms with E-state index in [9.17, 15) is 27.6 Å². The largest absolute Gasteiger partial charge is 0.481 e. The van der Waals surface area contributed by atoms with Crippen molar-refractivity contribution in [1.29, 1.82) is 0 Å². The quantitative estimate of drug-likeness (QED) is 0.680. The molecule has 1 aliphatic rings. The molecule has 2 N–H and O–H groups in total. The molecule has 1 saturated carbocycles. The normalized spacial score (nSPS) is 16.2. The Morgan fingerprint density at radius 1 is 1.33 bits per heavy atom. The molecule has 120 valence electrons. The van der Waals surface area contributed by atoms with Crippen molar-refractivity contribution >= 4 is 17.8 Å². The van der Waals surface area contributed by atoms with Gasteiger partial charge in [-0.1, -0.05) is 6.92 Å². The Balaban J connectivity index is 2.50. The Hall–Kier alpha value is -1.80. The lowest BCUT2D eigenvalue weighted by Crippen LogP contribution is -2.42. The third-order valence-electron chi connectivity index (χ3n) is 3.00. The summed E-state index contributed by atoms with van der Waals surface area (Å²) in [5.74, 6) is -3.54. The number of carbonyl (C=O) groups is 3. The van der Waals surface area contributed by atoms with Crippen molar-refractivity contribution in [2.24, 2.45) is 5.92 Å². The highest BCUT2D eigenvalue weighted by atomic mass is 19.4. The van der Waals surface area contributed by atoms with Gasteiger partial charge in [-0.25, -0.2) is 0 Å². The Morgan fingerprint density at radius 2 is 1.90 bits per heavy atom. The van der Waals surface area contributed by atoms with Crippen molar-refractivity contribution in [3.8, 4) is 0 Å². The van der Waals surface area contributed by atoms with Crippen LogP contribution in [-0.2, 0) is 14.4 Å². The van der Waals surface area contributed by atoms with Gasteiger partial charge in [0.25, 0.3) is 0 Å². The van der Waals surface area contributed by atoms with Crippen molar-refractivity contribution in [2.45, 2.75) is 38.4 Å². The first-order valence-electron chi connectivity index (χ1n) is 6.46. The van der Waals surface area contributed by atoms with Gasteiger partial charge in [-0.3, -0.25) is 14.4 Å². The van der Waals surface area contributed by atoms with Gasteiger partial charge in [-0.2, -0.15) is 13.2 Å². The van der Waals surface area contributed by atoms with E-state index in [0.29, 0.717) is 12.8 Å². The van der Waals surface area contributed by atoms with E-state index in [0.717, 1.165) is 0 Å². The molecule has 1 unspecified atom stereocenters. The van der Waals surface area contributed by atoms with E-state index in [-0.39, 0.29) is 12.6 Å². The number of carboxylic acids is 1. The number of nitrogens with zero attached hydrogens (tertiary/aromatic N) is 1. The molecular weight excluding hydrogens is 293 g/mol. The smallest absolute Gasteiger partial charge is 0.405 e. The lowest BCUT2D eigenvalue weighted by atomic mass is 10.1. The van der Waals surface area contributed by atoms with Crippen LogP contribution >= 0.6 is 0 Å². The number of carbonyl (C=O) groups excluding carboxylic acids is 2. The molecule has 1 aliphatic carbocycles. The first-order valence-corrected chi connectivity index (χ1v) is 6.46. The molecule has 0 radical (unpaired) electrons. The summed E-state index contributed by atoms with van der Waals surface area (Å²) in [6.45, 7) is -0.117. The van der Waals surface area contributed by atoms with Crippen molar-refractivity contribution in [2.75, 3.05) is 13.1 Å². The maximum absolute atomic E-state index is 11.9. The van der Waals surface area contributed by atoms with Gasteiger partial charge in [0.05, 0.1) is 5.92 Å². The van der Waals surface area contributed by atoms with E-state index in [1.807, 2.05) is 0 Å². The second-order valence-corrected chi connectivity index (χ2v) is 5.09. The van der Waals surface area contributed by atoms with Crippen LogP contribution in [0.1, 0.15) is 26.2 Å². The third-order valence-corrected chi connectivity index (χ3v) is 3.00. The predicted octanol–water partition coefficient (Wildman–Crippen LogP) is 0.767. The fourth-order valence-electron chi connectivity index (χ4n) is 1.71. The van der Waals surface area contributed by atoms with Crippen LogP contribution in [0, 0.1) is 5.92 Å². The van der Waals surface area contributed by atoms with Crippen LogP contribution in [-0.4, -0.2) is 53.1 Å². The summed E-state index contributed by atoms with van der Waals surface area (Å²) >= 11 is 0. The molecular formula is C12H17F3N2O4. The number of aliphatic carboxylic acids is 1. The minimum absolute atomic E-state index is 0.0502.